The third kappa shape index (κ3) is 5.18. The summed E-state index contributed by atoms with van der Waals surface area (Å²) < 4.78 is 7.00. The lowest BCUT2D eigenvalue weighted by atomic mass is 9.75. The van der Waals surface area contributed by atoms with E-state index in [9.17, 15) is 4.79 Å². The smallest absolute Gasteiger partial charge is 0.224 e. The van der Waals surface area contributed by atoms with Gasteiger partial charge in [0.15, 0.2) is 0 Å². The molecule has 0 radical (unpaired) electrons. The van der Waals surface area contributed by atoms with Crippen LogP contribution in [0.5, 0.6) is 0 Å². The maximum Gasteiger partial charge on any atom is 0.224 e. The molecule has 4 atom stereocenters. The lowest BCUT2D eigenvalue weighted by Crippen LogP contribution is -2.58. The lowest BCUT2D eigenvalue weighted by Gasteiger charge is -2.49. The molecule has 156 valence electrons. The number of benzene rings is 1. The number of fused-ring (bicyclic) bond motifs is 3. The molecule has 8 heteroatoms. The Kier molecular flexibility index (Phi) is 6.84. The van der Waals surface area contributed by atoms with Crippen molar-refractivity contribution in [2.24, 2.45) is 11.8 Å². The molecule has 4 heterocycles. The highest BCUT2D eigenvalue weighted by Crippen LogP contribution is 2.37. The van der Waals surface area contributed by atoms with Gasteiger partial charge in [0.05, 0.1) is 24.8 Å². The number of methoxy groups -OCH3 is 1. The summed E-state index contributed by atoms with van der Waals surface area (Å²) in [4.78, 5) is 16.2. The lowest BCUT2D eigenvalue weighted by molar-refractivity contribution is -0.133. The van der Waals surface area contributed by atoms with Crippen molar-refractivity contribution in [2.75, 3.05) is 33.4 Å². The Labute approximate surface area is 176 Å². The van der Waals surface area contributed by atoms with Crippen LogP contribution < -0.4 is 5.32 Å². The second-order valence-electron chi connectivity index (χ2n) is 7.86. The van der Waals surface area contributed by atoms with Crippen LogP contribution in [0.25, 0.3) is 0 Å². The van der Waals surface area contributed by atoms with Crippen LogP contribution >= 0.6 is 11.8 Å². The van der Waals surface area contributed by atoms with E-state index in [-0.39, 0.29) is 11.8 Å². The van der Waals surface area contributed by atoms with Gasteiger partial charge >= 0.3 is 0 Å². The van der Waals surface area contributed by atoms with Crippen molar-refractivity contribution in [3.63, 3.8) is 0 Å². The molecule has 2 unspecified atom stereocenters. The van der Waals surface area contributed by atoms with Crippen molar-refractivity contribution in [3.8, 4) is 0 Å². The van der Waals surface area contributed by atoms with E-state index in [1.165, 1.54) is 4.90 Å². The summed E-state index contributed by atoms with van der Waals surface area (Å²) >= 11 is 1.78. The van der Waals surface area contributed by atoms with Crippen LogP contribution in [0.15, 0.2) is 41.4 Å². The van der Waals surface area contributed by atoms with Crippen LogP contribution in [-0.2, 0) is 21.8 Å². The molecular weight excluding hydrogens is 386 g/mol. The van der Waals surface area contributed by atoms with E-state index in [2.05, 4.69) is 51.0 Å². The third-order valence-electron chi connectivity index (χ3n) is 5.93. The molecular formula is C21H29N5O2S. The first-order chi connectivity index (χ1) is 14.2. The van der Waals surface area contributed by atoms with Crippen LogP contribution in [0.2, 0.25) is 0 Å². The van der Waals surface area contributed by atoms with Gasteiger partial charge in [-0.2, -0.15) is 0 Å². The highest BCUT2D eigenvalue weighted by molar-refractivity contribution is 7.98. The number of thioether (sulfide) groups is 1. The molecule has 0 spiro atoms. The molecule has 7 nitrogen and oxygen atoms in total. The Balaban J connectivity index is 1.28. The van der Waals surface area contributed by atoms with Gasteiger partial charge in [-0.15, -0.1) is 16.9 Å². The van der Waals surface area contributed by atoms with E-state index in [1.54, 1.807) is 18.9 Å². The Morgan fingerprint density at radius 2 is 2.21 bits per heavy atom. The molecule has 1 N–H and O–H groups in total. The summed E-state index contributed by atoms with van der Waals surface area (Å²) in [5, 5.41) is 11.7. The summed E-state index contributed by atoms with van der Waals surface area (Å²) in [6, 6.07) is 10.8. The second kappa shape index (κ2) is 9.73. The van der Waals surface area contributed by atoms with Crippen LogP contribution in [0, 0.1) is 11.8 Å². The largest absolute Gasteiger partial charge is 0.383 e. The molecule has 0 saturated carbocycles. The first-order valence-corrected chi connectivity index (χ1v) is 11.3. The quantitative estimate of drug-likeness (QED) is 0.499. The van der Waals surface area contributed by atoms with E-state index >= 15 is 0 Å². The second-order valence-corrected chi connectivity index (χ2v) is 8.91. The fourth-order valence-electron chi connectivity index (χ4n) is 4.42. The van der Waals surface area contributed by atoms with E-state index in [0.717, 1.165) is 43.9 Å². The molecule has 3 fully saturated rings. The van der Waals surface area contributed by atoms with Crippen LogP contribution in [-0.4, -0.2) is 65.2 Å². The standard InChI is InChI=1S/C21H29N5O2S/c1-28-10-8-22-21(27)20-14-25-9-7-16(20)11-18(25)13-26-12-17(23-24-26)15-29-19-5-3-2-4-6-19/h2-6,12,16,18,20H,7-11,13-15H2,1H3,(H,22,27)/t16?,18-,20+/m1/s1. The number of ether oxygens (including phenoxy) is 1. The predicted octanol–water partition coefficient (Wildman–Crippen LogP) is 2.04. The zero-order chi connectivity index (χ0) is 20.1. The molecule has 1 aromatic heterocycles. The number of hydrogen-bond donors (Lipinski definition) is 1. The van der Waals surface area contributed by atoms with E-state index in [0.29, 0.717) is 25.1 Å². The van der Waals surface area contributed by atoms with Crippen molar-refractivity contribution in [2.45, 2.75) is 36.1 Å². The topological polar surface area (TPSA) is 72.3 Å². The third-order valence-corrected chi connectivity index (χ3v) is 6.98. The molecule has 1 aromatic carbocycles. The first kappa shape index (κ1) is 20.4. The number of aromatic nitrogens is 3. The van der Waals surface area contributed by atoms with Gasteiger partial charge in [-0.3, -0.25) is 14.4 Å². The van der Waals surface area contributed by atoms with Gasteiger partial charge in [0.1, 0.15) is 0 Å². The molecule has 3 aliphatic rings. The summed E-state index contributed by atoms with van der Waals surface area (Å²) in [6.07, 6.45) is 4.22. The normalized spacial score (nSPS) is 25.8. The van der Waals surface area contributed by atoms with Crippen molar-refractivity contribution < 1.29 is 9.53 Å². The fraction of sp³-hybridized carbons (Fsp3) is 0.571. The minimum Gasteiger partial charge on any atom is -0.383 e. The summed E-state index contributed by atoms with van der Waals surface area (Å²) in [5.74, 6) is 1.57. The van der Waals surface area contributed by atoms with Crippen molar-refractivity contribution in [1.29, 1.82) is 0 Å². The van der Waals surface area contributed by atoms with Crippen LogP contribution in [0.4, 0.5) is 0 Å². The Morgan fingerprint density at radius 1 is 1.34 bits per heavy atom. The SMILES string of the molecule is COCCNC(=O)[C@H]1CN2CCC1C[C@@H]2Cn1cc(CSc2ccccc2)nn1. The Bertz CT molecular complexity index is 799. The van der Waals surface area contributed by atoms with Gasteiger partial charge in [0.25, 0.3) is 0 Å². The maximum atomic E-state index is 12.5. The van der Waals surface area contributed by atoms with E-state index in [1.807, 2.05) is 10.7 Å². The maximum absolute atomic E-state index is 12.5. The molecule has 29 heavy (non-hydrogen) atoms. The van der Waals surface area contributed by atoms with Crippen LogP contribution in [0.1, 0.15) is 18.5 Å². The minimum absolute atomic E-state index is 0.102. The fourth-order valence-corrected chi connectivity index (χ4v) is 5.21. The van der Waals surface area contributed by atoms with Gasteiger partial charge in [-0.05, 0) is 37.4 Å². The molecule has 0 aliphatic carbocycles. The number of piperidine rings is 3. The summed E-state index contributed by atoms with van der Waals surface area (Å²) in [6.45, 7) is 3.91. The number of amides is 1. The van der Waals surface area contributed by atoms with Gasteiger partial charge in [0.2, 0.25) is 5.91 Å². The number of hydrogen-bond acceptors (Lipinski definition) is 6. The molecule has 5 rings (SSSR count). The predicted molar refractivity (Wildman–Crippen MR) is 112 cm³/mol. The van der Waals surface area contributed by atoms with Gasteiger partial charge < -0.3 is 10.1 Å². The number of carbonyl (C=O) groups is 1. The number of nitrogens with one attached hydrogen (secondary N) is 1. The molecule has 3 saturated heterocycles. The molecule has 1 amide bonds. The number of nitrogens with zero attached hydrogens (tertiary/aromatic N) is 4. The zero-order valence-electron chi connectivity index (χ0n) is 16.9. The monoisotopic (exact) mass is 415 g/mol. The molecule has 2 bridgehead atoms. The zero-order valence-corrected chi connectivity index (χ0v) is 17.7. The van der Waals surface area contributed by atoms with Crippen molar-refractivity contribution in [1.82, 2.24) is 25.2 Å². The highest BCUT2D eigenvalue weighted by Gasteiger charge is 2.43. The van der Waals surface area contributed by atoms with E-state index in [4.69, 9.17) is 4.74 Å². The van der Waals surface area contributed by atoms with Crippen LogP contribution in [0.3, 0.4) is 0 Å². The van der Waals surface area contributed by atoms with E-state index < -0.39 is 0 Å². The summed E-state index contributed by atoms with van der Waals surface area (Å²) in [5.41, 5.74) is 1.00. The van der Waals surface area contributed by atoms with Crippen molar-refractivity contribution >= 4 is 17.7 Å². The molecule has 2 aromatic rings. The van der Waals surface area contributed by atoms with Gasteiger partial charge in [-0.1, -0.05) is 23.4 Å². The Morgan fingerprint density at radius 3 is 2.97 bits per heavy atom. The average molecular weight is 416 g/mol. The van der Waals surface area contributed by atoms with Crippen molar-refractivity contribution in [3.05, 3.63) is 42.2 Å². The van der Waals surface area contributed by atoms with Gasteiger partial charge in [-0.25, -0.2) is 0 Å². The summed E-state index contributed by atoms with van der Waals surface area (Å²) in [7, 11) is 1.65. The average Bonchev–Trinajstić information content (AvgIpc) is 3.21. The minimum atomic E-state index is 0.102. The molecule has 3 aliphatic heterocycles. The highest BCUT2D eigenvalue weighted by atomic mass is 32.2. The number of carbonyl (C=O) groups excluding carboxylic acids is 1. The van der Waals surface area contributed by atoms with Gasteiger partial charge in [0, 0.05) is 43.1 Å². The first-order valence-electron chi connectivity index (χ1n) is 10.3. The Hall–Kier alpha value is -1.90. The number of rotatable bonds is 9.